The summed E-state index contributed by atoms with van der Waals surface area (Å²) in [5.74, 6) is 1.05. The molecule has 1 aromatic rings. The Labute approximate surface area is 182 Å². The normalized spacial score (nSPS) is 18.0. The van der Waals surface area contributed by atoms with Crippen LogP contribution in [0, 0.1) is 0 Å². The first kappa shape index (κ1) is 22.2. The van der Waals surface area contributed by atoms with E-state index in [-0.39, 0.29) is 29.9 Å². The molecule has 0 aromatic carbocycles. The molecule has 1 aliphatic carbocycles. The molecular formula is C17H30IN7OS. The van der Waals surface area contributed by atoms with Crippen molar-refractivity contribution in [2.75, 3.05) is 58.8 Å². The van der Waals surface area contributed by atoms with E-state index < -0.39 is 0 Å². The van der Waals surface area contributed by atoms with Gasteiger partial charge in [-0.2, -0.15) is 0 Å². The van der Waals surface area contributed by atoms with Crippen LogP contribution in [-0.4, -0.2) is 86.6 Å². The number of piperazine rings is 1. The lowest BCUT2D eigenvalue weighted by Crippen LogP contribution is -2.54. The van der Waals surface area contributed by atoms with E-state index in [4.69, 9.17) is 0 Å². The van der Waals surface area contributed by atoms with E-state index in [2.05, 4.69) is 35.8 Å². The van der Waals surface area contributed by atoms with Gasteiger partial charge in [-0.3, -0.25) is 14.7 Å². The van der Waals surface area contributed by atoms with Crippen molar-refractivity contribution >= 4 is 52.3 Å². The Balaban J connectivity index is 0.00000261. The summed E-state index contributed by atoms with van der Waals surface area (Å²) in [6, 6.07) is 0.436. The van der Waals surface area contributed by atoms with Crippen molar-refractivity contribution < 1.29 is 4.79 Å². The van der Waals surface area contributed by atoms with Gasteiger partial charge in [-0.15, -0.1) is 35.3 Å². The fourth-order valence-electron chi connectivity index (χ4n) is 2.91. The summed E-state index contributed by atoms with van der Waals surface area (Å²) in [4.78, 5) is 27.4. The van der Waals surface area contributed by atoms with Gasteiger partial charge in [0.15, 0.2) is 11.1 Å². The molecule has 2 fully saturated rings. The van der Waals surface area contributed by atoms with Gasteiger partial charge in [-0.25, -0.2) is 4.98 Å². The lowest BCUT2D eigenvalue weighted by atomic mass is 10.3. The molecule has 152 valence electrons. The van der Waals surface area contributed by atoms with Crippen LogP contribution in [0.15, 0.2) is 10.4 Å². The average Bonchev–Trinajstić information content (AvgIpc) is 3.29. The monoisotopic (exact) mass is 507 g/mol. The molecular weight excluding hydrogens is 477 g/mol. The predicted molar refractivity (Wildman–Crippen MR) is 121 cm³/mol. The number of aromatic nitrogens is 1. The second kappa shape index (κ2) is 10.4. The summed E-state index contributed by atoms with van der Waals surface area (Å²) in [5.41, 5.74) is 1.02. The minimum Gasteiger partial charge on any atom is -0.354 e. The molecule has 0 unspecified atom stereocenters. The van der Waals surface area contributed by atoms with Crippen molar-refractivity contribution in [1.29, 1.82) is 0 Å². The highest BCUT2D eigenvalue weighted by Crippen LogP contribution is 2.19. The van der Waals surface area contributed by atoms with Gasteiger partial charge < -0.3 is 20.4 Å². The zero-order valence-electron chi connectivity index (χ0n) is 16.3. The predicted octanol–water partition coefficient (Wildman–Crippen LogP) is 0.799. The quantitative estimate of drug-likeness (QED) is 0.337. The average molecular weight is 507 g/mol. The number of guanidine groups is 1. The molecule has 1 aromatic heterocycles. The van der Waals surface area contributed by atoms with Crippen LogP contribution in [0.1, 0.15) is 18.5 Å². The number of rotatable bonds is 6. The van der Waals surface area contributed by atoms with Gasteiger partial charge >= 0.3 is 0 Å². The van der Waals surface area contributed by atoms with Crippen molar-refractivity contribution in [1.82, 2.24) is 25.4 Å². The minimum absolute atomic E-state index is 0. The van der Waals surface area contributed by atoms with Gasteiger partial charge in [0.25, 0.3) is 0 Å². The summed E-state index contributed by atoms with van der Waals surface area (Å²) in [5, 5.41) is 9.54. The van der Waals surface area contributed by atoms with Crippen LogP contribution >= 0.6 is 35.3 Å². The zero-order chi connectivity index (χ0) is 18.5. The van der Waals surface area contributed by atoms with Gasteiger partial charge in [-0.05, 0) is 12.8 Å². The van der Waals surface area contributed by atoms with Crippen molar-refractivity contribution in [2.24, 2.45) is 4.99 Å². The third kappa shape index (κ3) is 6.75. The highest BCUT2D eigenvalue weighted by molar-refractivity contribution is 14.0. The number of thiazole rings is 1. The van der Waals surface area contributed by atoms with Crippen LogP contribution in [0.2, 0.25) is 0 Å². The van der Waals surface area contributed by atoms with Crippen molar-refractivity contribution in [3.63, 3.8) is 0 Å². The van der Waals surface area contributed by atoms with Crippen molar-refractivity contribution in [3.8, 4) is 0 Å². The number of carbonyl (C=O) groups is 1. The van der Waals surface area contributed by atoms with Crippen LogP contribution in [0.4, 0.5) is 5.13 Å². The zero-order valence-corrected chi connectivity index (χ0v) is 19.4. The molecule has 1 amide bonds. The van der Waals surface area contributed by atoms with Crippen molar-refractivity contribution in [3.05, 3.63) is 11.1 Å². The molecule has 1 aliphatic heterocycles. The fraction of sp³-hybridized carbons (Fsp3) is 0.706. The molecule has 1 saturated carbocycles. The maximum atomic E-state index is 11.9. The van der Waals surface area contributed by atoms with Gasteiger partial charge in [-0.1, -0.05) is 0 Å². The molecule has 0 spiro atoms. The van der Waals surface area contributed by atoms with E-state index in [0.29, 0.717) is 19.1 Å². The number of nitrogens with one attached hydrogen (secondary N) is 2. The lowest BCUT2D eigenvalue weighted by molar-refractivity contribution is -0.122. The molecule has 0 bridgehead atoms. The molecule has 0 atom stereocenters. The molecule has 1 saturated heterocycles. The number of amides is 1. The number of anilines is 1. The van der Waals surface area contributed by atoms with Crippen LogP contribution in [-0.2, 0) is 11.3 Å². The molecule has 10 heteroatoms. The molecule has 3 rings (SSSR count). The third-order valence-electron chi connectivity index (χ3n) is 4.54. The van der Waals surface area contributed by atoms with Gasteiger partial charge in [0.1, 0.15) is 0 Å². The second-order valence-electron chi connectivity index (χ2n) is 7.02. The summed E-state index contributed by atoms with van der Waals surface area (Å²) in [7, 11) is 5.81. The molecule has 0 radical (unpaired) electrons. The Morgan fingerprint density at radius 2 is 2.04 bits per heavy atom. The summed E-state index contributed by atoms with van der Waals surface area (Å²) >= 11 is 1.64. The maximum absolute atomic E-state index is 11.9. The number of carbonyl (C=O) groups excluding carboxylic acids is 1. The smallest absolute Gasteiger partial charge is 0.234 e. The topological polar surface area (TPSA) is 76.1 Å². The van der Waals surface area contributed by atoms with E-state index in [1.165, 1.54) is 0 Å². The van der Waals surface area contributed by atoms with Crippen molar-refractivity contribution in [2.45, 2.75) is 25.4 Å². The van der Waals surface area contributed by atoms with E-state index in [1.54, 1.807) is 11.3 Å². The summed E-state index contributed by atoms with van der Waals surface area (Å²) < 4.78 is 0. The van der Waals surface area contributed by atoms with Gasteiger partial charge in [0.05, 0.1) is 18.8 Å². The molecule has 2 aliphatic rings. The summed E-state index contributed by atoms with van der Waals surface area (Å²) in [6.07, 6.45) is 2.27. The van der Waals surface area contributed by atoms with Crippen LogP contribution in [0.5, 0.6) is 0 Å². The fourth-order valence-corrected chi connectivity index (χ4v) is 3.66. The van der Waals surface area contributed by atoms with Crippen LogP contribution < -0.4 is 15.5 Å². The molecule has 27 heavy (non-hydrogen) atoms. The Bertz CT molecular complexity index is 639. The number of hydrogen-bond acceptors (Lipinski definition) is 6. The minimum atomic E-state index is 0. The number of nitrogens with zero attached hydrogens (tertiary/aromatic N) is 5. The van der Waals surface area contributed by atoms with E-state index >= 15 is 0 Å². The third-order valence-corrected chi connectivity index (χ3v) is 5.60. The van der Waals surface area contributed by atoms with E-state index in [0.717, 1.165) is 55.8 Å². The van der Waals surface area contributed by atoms with Gasteiger partial charge in [0.2, 0.25) is 5.91 Å². The van der Waals surface area contributed by atoms with E-state index in [1.807, 2.05) is 26.0 Å². The summed E-state index contributed by atoms with van der Waals surface area (Å²) in [6.45, 7) is 4.66. The first-order chi connectivity index (χ1) is 12.5. The largest absolute Gasteiger partial charge is 0.354 e. The Morgan fingerprint density at radius 3 is 2.59 bits per heavy atom. The van der Waals surface area contributed by atoms with Crippen LogP contribution in [0.25, 0.3) is 0 Å². The lowest BCUT2D eigenvalue weighted by Gasteiger charge is -2.36. The number of hydrogen-bond donors (Lipinski definition) is 2. The molecule has 8 nitrogen and oxygen atoms in total. The van der Waals surface area contributed by atoms with Gasteiger partial charge in [0, 0.05) is 58.7 Å². The SMILES string of the molecule is CN=C(NCc1csc(N(C)C)n1)N1CCN(CC(=O)NC2CC2)CC1.I. The van der Waals surface area contributed by atoms with E-state index in [9.17, 15) is 4.79 Å². The molecule has 2 N–H and O–H groups in total. The Hall–Kier alpha value is -1.14. The number of halogens is 1. The maximum Gasteiger partial charge on any atom is 0.234 e. The Morgan fingerprint density at radius 1 is 1.33 bits per heavy atom. The highest BCUT2D eigenvalue weighted by atomic mass is 127. The standard InChI is InChI=1S/C17H29N7OS.HI/c1-18-16(19-10-14-12-26-17(21-14)22(2)3)24-8-6-23(7-9-24)11-15(25)20-13-4-5-13;/h12-13H,4-11H2,1-3H3,(H,18,19)(H,20,25);1H. The first-order valence-corrected chi connectivity index (χ1v) is 10.0. The second-order valence-corrected chi connectivity index (χ2v) is 7.86. The molecule has 2 heterocycles. The number of aliphatic imine (C=N–C) groups is 1. The highest BCUT2D eigenvalue weighted by Gasteiger charge is 2.25. The van der Waals surface area contributed by atoms with Crippen LogP contribution in [0.3, 0.4) is 0 Å². The Kier molecular flexibility index (Phi) is 8.55. The first-order valence-electron chi connectivity index (χ1n) is 9.14.